The van der Waals surface area contributed by atoms with E-state index in [2.05, 4.69) is 23.3 Å². The second kappa shape index (κ2) is 9.70. The summed E-state index contributed by atoms with van der Waals surface area (Å²) in [4.78, 5) is 16.8. The molecule has 1 heterocycles. The third-order valence-corrected chi connectivity index (χ3v) is 6.70. The van der Waals surface area contributed by atoms with Crippen LogP contribution in [0.1, 0.15) is 36.9 Å². The van der Waals surface area contributed by atoms with Crippen LogP contribution in [0.4, 0.5) is 4.79 Å². The van der Waals surface area contributed by atoms with Crippen molar-refractivity contribution in [3.63, 3.8) is 0 Å². The van der Waals surface area contributed by atoms with Crippen LogP contribution < -0.4 is 5.32 Å². The van der Waals surface area contributed by atoms with Gasteiger partial charge in [0.15, 0.2) is 0 Å². The Hall–Kier alpha value is -2.26. The van der Waals surface area contributed by atoms with Crippen molar-refractivity contribution in [2.24, 2.45) is 0 Å². The van der Waals surface area contributed by atoms with Crippen molar-refractivity contribution in [2.75, 3.05) is 27.2 Å². The van der Waals surface area contributed by atoms with Crippen LogP contribution in [0.15, 0.2) is 36.4 Å². The zero-order valence-electron chi connectivity index (χ0n) is 17.5. The number of rotatable bonds is 4. The van der Waals surface area contributed by atoms with E-state index in [9.17, 15) is 4.79 Å². The Morgan fingerprint density at radius 2 is 1.80 bits per heavy atom. The highest BCUT2D eigenvalue weighted by Gasteiger charge is 2.25. The van der Waals surface area contributed by atoms with Gasteiger partial charge in [-0.15, -0.1) is 0 Å². The maximum atomic E-state index is 12.8. The topological polar surface area (TPSA) is 59.4 Å². The van der Waals surface area contributed by atoms with Crippen molar-refractivity contribution in [3.05, 3.63) is 57.6 Å². The van der Waals surface area contributed by atoms with E-state index in [4.69, 9.17) is 28.5 Å². The third kappa shape index (κ3) is 4.89. The standard InChI is InChI=1S/C23H26Cl2N4O/c1-15(27-23(30)29(3)18-10-12-28(2)13-11-18)19-8-9-20(22(25)21(19)24)17-6-4-16(14-26)5-7-17/h4-9,15,18H,10-13H2,1-3H3,(H,27,30). The molecule has 2 aromatic carbocycles. The molecule has 5 nitrogen and oxygen atoms in total. The Balaban J connectivity index is 1.73. The summed E-state index contributed by atoms with van der Waals surface area (Å²) in [5.74, 6) is 0. The van der Waals surface area contributed by atoms with Gasteiger partial charge in [0.05, 0.1) is 27.7 Å². The highest BCUT2D eigenvalue weighted by Crippen LogP contribution is 2.38. The SMILES string of the molecule is CC(NC(=O)N(C)C1CCN(C)CC1)c1ccc(-c2ccc(C#N)cc2)c(Cl)c1Cl. The third-order valence-electron chi connectivity index (χ3n) is 5.80. The van der Waals surface area contributed by atoms with E-state index in [1.165, 1.54) is 0 Å². The normalized spacial score (nSPS) is 16.0. The summed E-state index contributed by atoms with van der Waals surface area (Å²) in [6.45, 7) is 3.89. The van der Waals surface area contributed by atoms with Crippen molar-refractivity contribution in [2.45, 2.75) is 31.8 Å². The van der Waals surface area contributed by atoms with Gasteiger partial charge in [0.2, 0.25) is 0 Å². The summed E-state index contributed by atoms with van der Waals surface area (Å²) in [6.07, 6.45) is 1.95. The molecule has 1 unspecified atom stereocenters. The van der Waals surface area contributed by atoms with E-state index in [0.717, 1.165) is 42.6 Å². The first-order valence-corrected chi connectivity index (χ1v) is 10.8. The van der Waals surface area contributed by atoms with Crippen molar-refractivity contribution >= 4 is 29.2 Å². The number of amides is 2. The highest BCUT2D eigenvalue weighted by atomic mass is 35.5. The summed E-state index contributed by atoms with van der Waals surface area (Å²) in [7, 11) is 3.95. The van der Waals surface area contributed by atoms with E-state index in [-0.39, 0.29) is 18.1 Å². The second-order valence-corrected chi connectivity index (χ2v) is 8.59. The maximum absolute atomic E-state index is 12.8. The van der Waals surface area contributed by atoms with E-state index < -0.39 is 0 Å². The first-order valence-electron chi connectivity index (χ1n) is 10.0. The Labute approximate surface area is 188 Å². The van der Waals surface area contributed by atoms with Crippen molar-refractivity contribution in [3.8, 4) is 17.2 Å². The second-order valence-electron chi connectivity index (χ2n) is 7.84. The molecule has 0 aliphatic carbocycles. The molecule has 1 atom stereocenters. The van der Waals surface area contributed by atoms with Gasteiger partial charge in [-0.2, -0.15) is 5.26 Å². The van der Waals surface area contributed by atoms with Crippen molar-refractivity contribution in [1.29, 1.82) is 5.26 Å². The molecule has 30 heavy (non-hydrogen) atoms. The Morgan fingerprint density at radius 3 is 2.40 bits per heavy atom. The maximum Gasteiger partial charge on any atom is 0.317 e. The summed E-state index contributed by atoms with van der Waals surface area (Å²) >= 11 is 13.1. The smallest absolute Gasteiger partial charge is 0.317 e. The molecule has 0 bridgehead atoms. The van der Waals surface area contributed by atoms with Crippen LogP contribution in [-0.2, 0) is 0 Å². The van der Waals surface area contributed by atoms with Gasteiger partial charge in [0.25, 0.3) is 0 Å². The van der Waals surface area contributed by atoms with E-state index in [1.807, 2.05) is 38.2 Å². The molecular weight excluding hydrogens is 419 g/mol. The fraction of sp³-hybridized carbons (Fsp3) is 0.391. The largest absolute Gasteiger partial charge is 0.331 e. The van der Waals surface area contributed by atoms with Crippen LogP contribution in [0.5, 0.6) is 0 Å². The number of likely N-dealkylation sites (tertiary alicyclic amines) is 1. The van der Waals surface area contributed by atoms with Crippen molar-refractivity contribution in [1.82, 2.24) is 15.1 Å². The predicted octanol–water partition coefficient (Wildman–Crippen LogP) is 5.33. The zero-order chi connectivity index (χ0) is 21.8. The van der Waals surface area contributed by atoms with E-state index in [1.54, 1.807) is 17.0 Å². The lowest BCUT2D eigenvalue weighted by Crippen LogP contribution is -2.48. The molecule has 1 saturated heterocycles. The van der Waals surface area contributed by atoms with Gasteiger partial charge in [-0.05, 0) is 63.2 Å². The lowest BCUT2D eigenvalue weighted by molar-refractivity contribution is 0.146. The molecule has 2 amide bonds. The van der Waals surface area contributed by atoms with Gasteiger partial charge in [-0.1, -0.05) is 47.5 Å². The lowest BCUT2D eigenvalue weighted by Gasteiger charge is -2.35. The molecule has 0 saturated carbocycles. The predicted molar refractivity (Wildman–Crippen MR) is 122 cm³/mol. The number of hydrogen-bond acceptors (Lipinski definition) is 3. The van der Waals surface area contributed by atoms with Crippen LogP contribution in [0.3, 0.4) is 0 Å². The van der Waals surface area contributed by atoms with Crippen LogP contribution in [0.25, 0.3) is 11.1 Å². The number of nitriles is 1. The number of halogens is 2. The van der Waals surface area contributed by atoms with Crippen LogP contribution in [0, 0.1) is 11.3 Å². The minimum atomic E-state index is -0.286. The average Bonchev–Trinajstić information content (AvgIpc) is 2.75. The van der Waals surface area contributed by atoms with Gasteiger partial charge in [-0.3, -0.25) is 0 Å². The zero-order valence-corrected chi connectivity index (χ0v) is 19.0. The number of nitrogens with one attached hydrogen (secondary N) is 1. The molecule has 1 fully saturated rings. The molecule has 1 N–H and O–H groups in total. The van der Waals surface area contributed by atoms with Gasteiger partial charge < -0.3 is 15.1 Å². The number of carbonyl (C=O) groups is 1. The quantitative estimate of drug-likeness (QED) is 0.692. The monoisotopic (exact) mass is 444 g/mol. The minimum Gasteiger partial charge on any atom is -0.331 e. The number of urea groups is 1. The first kappa shape index (κ1) is 22.4. The van der Waals surface area contributed by atoms with E-state index in [0.29, 0.717) is 15.6 Å². The summed E-state index contributed by atoms with van der Waals surface area (Å²) in [5, 5.41) is 12.9. The molecule has 2 aromatic rings. The molecule has 7 heteroatoms. The van der Waals surface area contributed by atoms with Crippen LogP contribution in [0.2, 0.25) is 10.0 Å². The number of piperidine rings is 1. The van der Waals surface area contributed by atoms with Gasteiger partial charge >= 0.3 is 6.03 Å². The Morgan fingerprint density at radius 1 is 1.17 bits per heavy atom. The van der Waals surface area contributed by atoms with Crippen molar-refractivity contribution < 1.29 is 4.79 Å². The fourth-order valence-corrected chi connectivity index (χ4v) is 4.37. The Kier molecular flexibility index (Phi) is 7.25. The first-order chi connectivity index (χ1) is 14.3. The van der Waals surface area contributed by atoms with Crippen LogP contribution >= 0.6 is 23.2 Å². The molecule has 0 spiro atoms. The lowest BCUT2D eigenvalue weighted by atomic mass is 10.00. The number of carbonyl (C=O) groups excluding carboxylic acids is 1. The summed E-state index contributed by atoms with van der Waals surface area (Å²) < 4.78 is 0. The highest BCUT2D eigenvalue weighted by molar-refractivity contribution is 6.44. The van der Waals surface area contributed by atoms with Gasteiger partial charge in [-0.25, -0.2) is 4.79 Å². The molecule has 0 aromatic heterocycles. The number of nitrogens with zero attached hydrogens (tertiary/aromatic N) is 3. The number of benzene rings is 2. The van der Waals surface area contributed by atoms with Gasteiger partial charge in [0, 0.05) is 18.7 Å². The fourth-order valence-electron chi connectivity index (χ4n) is 3.76. The summed E-state index contributed by atoms with van der Waals surface area (Å²) in [6, 6.07) is 12.9. The molecule has 1 aliphatic rings. The van der Waals surface area contributed by atoms with E-state index >= 15 is 0 Å². The van der Waals surface area contributed by atoms with Crippen LogP contribution in [-0.4, -0.2) is 49.1 Å². The number of hydrogen-bond donors (Lipinski definition) is 1. The van der Waals surface area contributed by atoms with Gasteiger partial charge in [0.1, 0.15) is 0 Å². The molecule has 158 valence electrons. The molecule has 0 radical (unpaired) electrons. The minimum absolute atomic E-state index is 0.111. The average molecular weight is 445 g/mol. The Bertz CT molecular complexity index is 947. The molecular formula is C23H26Cl2N4O. The molecule has 1 aliphatic heterocycles. The molecule has 3 rings (SSSR count). The summed E-state index contributed by atoms with van der Waals surface area (Å²) in [5.41, 5.74) is 3.02.